The van der Waals surface area contributed by atoms with Gasteiger partial charge >= 0.3 is 0 Å². The van der Waals surface area contributed by atoms with E-state index in [0.29, 0.717) is 29.6 Å². The Morgan fingerprint density at radius 3 is 2.80 bits per heavy atom. The zero-order chi connectivity index (χ0) is 17.6. The van der Waals surface area contributed by atoms with Crippen molar-refractivity contribution in [3.8, 4) is 17.3 Å². The molecule has 0 aliphatic rings. The Balaban J connectivity index is 1.72. The van der Waals surface area contributed by atoms with Crippen LogP contribution in [0.3, 0.4) is 0 Å². The van der Waals surface area contributed by atoms with Crippen molar-refractivity contribution in [2.45, 2.75) is 20.5 Å². The highest BCUT2D eigenvalue weighted by Gasteiger charge is 2.16. The first-order valence-corrected chi connectivity index (χ1v) is 7.80. The molecular weight excluding hydrogens is 322 g/mol. The second-order valence-electron chi connectivity index (χ2n) is 5.19. The molecule has 0 saturated carbocycles. The number of ether oxygens (including phenoxy) is 1. The van der Waals surface area contributed by atoms with Crippen molar-refractivity contribution in [1.82, 2.24) is 25.7 Å². The van der Waals surface area contributed by atoms with Crippen molar-refractivity contribution in [1.29, 1.82) is 0 Å². The second kappa shape index (κ2) is 7.52. The Morgan fingerprint density at radius 2 is 2.12 bits per heavy atom. The van der Waals surface area contributed by atoms with Gasteiger partial charge in [0.15, 0.2) is 5.69 Å². The SMILES string of the molecule is CCNC(=O)c1ccc(OCc2c(-c3ccccn3)noc2C)nn1. The Kier molecular flexibility index (Phi) is 4.98. The van der Waals surface area contributed by atoms with E-state index < -0.39 is 0 Å². The molecule has 0 fully saturated rings. The lowest BCUT2D eigenvalue weighted by atomic mass is 10.1. The molecule has 0 unspecified atom stereocenters. The summed E-state index contributed by atoms with van der Waals surface area (Å²) in [6.45, 7) is 4.38. The van der Waals surface area contributed by atoms with Crippen LogP contribution in [-0.2, 0) is 6.61 Å². The highest BCUT2D eigenvalue weighted by molar-refractivity contribution is 5.91. The van der Waals surface area contributed by atoms with E-state index in [-0.39, 0.29) is 18.2 Å². The first-order valence-electron chi connectivity index (χ1n) is 7.80. The summed E-state index contributed by atoms with van der Waals surface area (Å²) in [5, 5.41) is 14.5. The molecule has 0 radical (unpaired) electrons. The molecule has 8 nitrogen and oxygen atoms in total. The van der Waals surface area contributed by atoms with Crippen LogP contribution in [0.5, 0.6) is 5.88 Å². The average Bonchev–Trinajstić information content (AvgIpc) is 3.02. The molecule has 128 valence electrons. The quantitative estimate of drug-likeness (QED) is 0.734. The van der Waals surface area contributed by atoms with Gasteiger partial charge in [-0.15, -0.1) is 10.2 Å². The molecule has 1 N–H and O–H groups in total. The third kappa shape index (κ3) is 3.79. The van der Waals surface area contributed by atoms with Crippen molar-refractivity contribution in [2.75, 3.05) is 6.54 Å². The van der Waals surface area contributed by atoms with Gasteiger partial charge in [0, 0.05) is 18.8 Å². The molecule has 8 heteroatoms. The standard InChI is InChI=1S/C17H17N5O3/c1-3-18-17(23)14-7-8-15(21-20-14)24-10-12-11(2)25-22-16(12)13-6-4-5-9-19-13/h4-9H,3,10H2,1-2H3,(H,18,23). The minimum absolute atomic E-state index is 0.205. The number of pyridine rings is 1. The Labute approximate surface area is 144 Å². The summed E-state index contributed by atoms with van der Waals surface area (Å²) in [7, 11) is 0. The maximum atomic E-state index is 11.7. The van der Waals surface area contributed by atoms with Crippen molar-refractivity contribution in [3.63, 3.8) is 0 Å². The van der Waals surface area contributed by atoms with Gasteiger partial charge in [0.2, 0.25) is 5.88 Å². The summed E-state index contributed by atoms with van der Waals surface area (Å²) in [5.74, 6) is 0.682. The number of carbonyl (C=O) groups is 1. The Hall–Kier alpha value is -3.29. The van der Waals surface area contributed by atoms with Gasteiger partial charge in [0.1, 0.15) is 18.1 Å². The predicted molar refractivity (Wildman–Crippen MR) is 88.8 cm³/mol. The van der Waals surface area contributed by atoms with Crippen molar-refractivity contribution < 1.29 is 14.1 Å². The minimum atomic E-state index is -0.270. The topological polar surface area (TPSA) is 103 Å². The number of nitrogens with zero attached hydrogens (tertiary/aromatic N) is 4. The number of amides is 1. The van der Waals surface area contributed by atoms with Crippen LogP contribution in [0.4, 0.5) is 0 Å². The smallest absolute Gasteiger partial charge is 0.271 e. The number of rotatable bonds is 6. The van der Waals surface area contributed by atoms with Crippen molar-refractivity contribution in [3.05, 3.63) is 53.5 Å². The van der Waals surface area contributed by atoms with E-state index in [0.717, 1.165) is 5.56 Å². The van der Waals surface area contributed by atoms with Gasteiger partial charge in [0.05, 0.1) is 11.3 Å². The summed E-state index contributed by atoms with van der Waals surface area (Å²) in [4.78, 5) is 15.9. The van der Waals surface area contributed by atoms with Gasteiger partial charge in [-0.2, -0.15) is 0 Å². The zero-order valence-corrected chi connectivity index (χ0v) is 13.9. The van der Waals surface area contributed by atoms with Gasteiger partial charge < -0.3 is 14.6 Å². The Morgan fingerprint density at radius 1 is 1.24 bits per heavy atom. The molecule has 0 bridgehead atoms. The number of aromatic nitrogens is 4. The van der Waals surface area contributed by atoms with E-state index in [9.17, 15) is 4.79 Å². The molecule has 0 saturated heterocycles. The summed E-state index contributed by atoms with van der Waals surface area (Å²) >= 11 is 0. The van der Waals surface area contributed by atoms with Crippen LogP contribution in [0, 0.1) is 6.92 Å². The molecule has 0 spiro atoms. The largest absolute Gasteiger partial charge is 0.472 e. The first kappa shape index (κ1) is 16.6. The van der Waals surface area contributed by atoms with E-state index in [2.05, 4.69) is 25.7 Å². The fourth-order valence-electron chi connectivity index (χ4n) is 2.18. The van der Waals surface area contributed by atoms with E-state index in [1.165, 1.54) is 0 Å². The molecular formula is C17H17N5O3. The van der Waals surface area contributed by atoms with Gasteiger partial charge in [-0.3, -0.25) is 9.78 Å². The third-order valence-corrected chi connectivity index (χ3v) is 3.47. The summed E-state index contributed by atoms with van der Waals surface area (Å²) in [6.07, 6.45) is 1.69. The molecule has 1 amide bonds. The normalized spacial score (nSPS) is 10.5. The summed E-state index contributed by atoms with van der Waals surface area (Å²) in [5.41, 5.74) is 2.36. The van der Waals surface area contributed by atoms with Crippen LogP contribution < -0.4 is 10.1 Å². The van der Waals surface area contributed by atoms with Crippen LogP contribution in [0.2, 0.25) is 0 Å². The van der Waals surface area contributed by atoms with E-state index >= 15 is 0 Å². The fourth-order valence-corrected chi connectivity index (χ4v) is 2.18. The average molecular weight is 339 g/mol. The highest BCUT2D eigenvalue weighted by atomic mass is 16.5. The number of aryl methyl sites for hydroxylation is 1. The maximum Gasteiger partial charge on any atom is 0.271 e. The molecule has 0 aliphatic carbocycles. The summed E-state index contributed by atoms with van der Waals surface area (Å²) in [6, 6.07) is 8.72. The van der Waals surface area contributed by atoms with Crippen molar-refractivity contribution in [2.24, 2.45) is 0 Å². The van der Waals surface area contributed by atoms with Gasteiger partial charge in [-0.1, -0.05) is 11.2 Å². The lowest BCUT2D eigenvalue weighted by molar-refractivity contribution is 0.0949. The fraction of sp³-hybridized carbons (Fsp3) is 0.235. The zero-order valence-electron chi connectivity index (χ0n) is 13.9. The molecule has 0 aliphatic heterocycles. The Bertz CT molecular complexity index is 846. The van der Waals surface area contributed by atoms with Gasteiger partial charge in [-0.05, 0) is 32.0 Å². The first-order chi connectivity index (χ1) is 12.2. The maximum absolute atomic E-state index is 11.7. The number of carbonyl (C=O) groups excluding carboxylic acids is 1. The number of hydrogen-bond acceptors (Lipinski definition) is 7. The molecule has 0 aromatic carbocycles. The predicted octanol–water partition coefficient (Wildman–Crippen LogP) is 2.16. The molecule has 3 aromatic heterocycles. The van der Waals surface area contributed by atoms with E-state index in [4.69, 9.17) is 9.26 Å². The monoisotopic (exact) mass is 339 g/mol. The van der Waals surface area contributed by atoms with Gasteiger partial charge in [0.25, 0.3) is 5.91 Å². The van der Waals surface area contributed by atoms with E-state index in [1.54, 1.807) is 18.3 Å². The lowest BCUT2D eigenvalue weighted by Crippen LogP contribution is -2.23. The third-order valence-electron chi connectivity index (χ3n) is 3.47. The molecule has 3 aromatic rings. The van der Waals surface area contributed by atoms with Crippen LogP contribution in [0.1, 0.15) is 28.7 Å². The van der Waals surface area contributed by atoms with Gasteiger partial charge in [-0.25, -0.2) is 0 Å². The van der Waals surface area contributed by atoms with Crippen LogP contribution in [0.15, 0.2) is 41.1 Å². The molecule has 3 heterocycles. The highest BCUT2D eigenvalue weighted by Crippen LogP contribution is 2.24. The van der Waals surface area contributed by atoms with Crippen LogP contribution >= 0.6 is 0 Å². The minimum Gasteiger partial charge on any atom is -0.472 e. The lowest BCUT2D eigenvalue weighted by Gasteiger charge is -2.06. The molecule has 25 heavy (non-hydrogen) atoms. The second-order valence-corrected chi connectivity index (χ2v) is 5.19. The number of nitrogens with one attached hydrogen (secondary N) is 1. The van der Waals surface area contributed by atoms with Crippen molar-refractivity contribution >= 4 is 5.91 Å². The van der Waals surface area contributed by atoms with Crippen LogP contribution in [-0.4, -0.2) is 32.8 Å². The van der Waals surface area contributed by atoms with Crippen LogP contribution in [0.25, 0.3) is 11.4 Å². The summed E-state index contributed by atoms with van der Waals surface area (Å²) < 4.78 is 10.9. The molecule has 3 rings (SSSR count). The number of hydrogen-bond donors (Lipinski definition) is 1. The molecule has 0 atom stereocenters. The van der Waals surface area contributed by atoms with E-state index in [1.807, 2.05) is 32.0 Å².